The fraction of sp³-hybridized carbons (Fsp3) is 0.480. The van der Waals surface area contributed by atoms with E-state index in [0.717, 1.165) is 72.8 Å². The van der Waals surface area contributed by atoms with E-state index >= 15 is 0 Å². The summed E-state index contributed by atoms with van der Waals surface area (Å²) < 4.78 is 12.7. The zero-order chi connectivity index (χ0) is 21.6. The Morgan fingerprint density at radius 1 is 1.19 bits per heavy atom. The first-order chi connectivity index (χ1) is 15.0. The number of benzene rings is 2. The second-order valence-electron chi connectivity index (χ2n) is 8.72. The van der Waals surface area contributed by atoms with E-state index in [9.17, 15) is 5.11 Å². The number of phenols is 1. The molecular formula is C25H31N3O3. The lowest BCUT2D eigenvalue weighted by Gasteiger charge is -2.51. The highest BCUT2D eigenvalue weighted by atomic mass is 16.6. The Hall–Kier alpha value is -2.73. The van der Waals surface area contributed by atoms with E-state index in [1.165, 1.54) is 0 Å². The number of hydrazone groups is 1. The van der Waals surface area contributed by atoms with Crippen LogP contribution in [-0.2, 0) is 0 Å². The highest BCUT2D eigenvalue weighted by Crippen LogP contribution is 2.53. The van der Waals surface area contributed by atoms with Gasteiger partial charge >= 0.3 is 0 Å². The Morgan fingerprint density at radius 3 is 2.74 bits per heavy atom. The lowest BCUT2D eigenvalue weighted by Crippen LogP contribution is -2.59. The molecule has 1 fully saturated rings. The highest BCUT2D eigenvalue weighted by molar-refractivity contribution is 6.04. The molecule has 2 aromatic rings. The van der Waals surface area contributed by atoms with E-state index in [2.05, 4.69) is 22.9 Å². The molecule has 164 valence electrons. The lowest BCUT2D eigenvalue weighted by atomic mass is 9.90. The van der Waals surface area contributed by atoms with E-state index in [0.29, 0.717) is 6.61 Å². The maximum absolute atomic E-state index is 10.5. The molecule has 2 aromatic carbocycles. The molecule has 0 saturated carbocycles. The fourth-order valence-corrected chi connectivity index (χ4v) is 5.13. The van der Waals surface area contributed by atoms with Crippen LogP contribution >= 0.6 is 0 Å². The van der Waals surface area contributed by atoms with Gasteiger partial charge < -0.3 is 19.5 Å². The van der Waals surface area contributed by atoms with Gasteiger partial charge in [0.2, 0.25) is 5.72 Å². The molecule has 5 rings (SSSR count). The van der Waals surface area contributed by atoms with Gasteiger partial charge in [0.05, 0.1) is 18.4 Å². The van der Waals surface area contributed by atoms with Crippen LogP contribution < -0.4 is 9.47 Å². The average Bonchev–Trinajstić information content (AvgIpc) is 3.24. The monoisotopic (exact) mass is 421 g/mol. The Morgan fingerprint density at radius 2 is 2.00 bits per heavy atom. The molecule has 0 unspecified atom stereocenters. The van der Waals surface area contributed by atoms with Crippen molar-refractivity contribution in [3.05, 3.63) is 53.1 Å². The van der Waals surface area contributed by atoms with Crippen LogP contribution in [0.1, 0.15) is 55.8 Å². The number of phenolic OH excluding ortho intramolecular Hbond substituents is 1. The average molecular weight is 422 g/mol. The minimum absolute atomic E-state index is 0.0762. The molecule has 6 heteroatoms. The SMILES string of the molecule is CCOc1cccc2c1OC1(CCN(CC)CC1)N1N=C(c3cc(C)ccc3O)C[C@H]21. The van der Waals surface area contributed by atoms with Gasteiger partial charge in [-0.2, -0.15) is 5.10 Å². The van der Waals surface area contributed by atoms with Gasteiger partial charge in [-0.25, -0.2) is 5.01 Å². The van der Waals surface area contributed by atoms with Crippen LogP contribution in [0.25, 0.3) is 0 Å². The van der Waals surface area contributed by atoms with Gasteiger partial charge in [-0.3, -0.25) is 0 Å². The predicted octanol–water partition coefficient (Wildman–Crippen LogP) is 4.45. The Kier molecular flexibility index (Phi) is 5.05. The molecular weight excluding hydrogens is 390 g/mol. The smallest absolute Gasteiger partial charge is 0.200 e. The van der Waals surface area contributed by atoms with Gasteiger partial charge in [-0.1, -0.05) is 30.7 Å². The van der Waals surface area contributed by atoms with Crippen LogP contribution in [-0.4, -0.2) is 52.7 Å². The zero-order valence-corrected chi connectivity index (χ0v) is 18.6. The fourth-order valence-electron chi connectivity index (χ4n) is 5.13. The number of aryl methyl sites for hydroxylation is 1. The summed E-state index contributed by atoms with van der Waals surface area (Å²) in [7, 11) is 0. The molecule has 0 aliphatic carbocycles. The Balaban J connectivity index is 1.60. The molecule has 0 amide bonds. The second kappa shape index (κ2) is 7.75. The zero-order valence-electron chi connectivity index (χ0n) is 18.6. The molecule has 1 saturated heterocycles. The molecule has 3 aliphatic rings. The molecule has 1 N–H and O–H groups in total. The molecule has 6 nitrogen and oxygen atoms in total. The minimum atomic E-state index is -0.488. The van der Waals surface area contributed by atoms with Crippen molar-refractivity contribution in [1.29, 1.82) is 0 Å². The molecule has 31 heavy (non-hydrogen) atoms. The molecule has 0 radical (unpaired) electrons. The maximum Gasteiger partial charge on any atom is 0.200 e. The van der Waals surface area contributed by atoms with Crippen molar-refractivity contribution >= 4 is 5.71 Å². The molecule has 3 heterocycles. The number of ether oxygens (including phenoxy) is 2. The van der Waals surface area contributed by atoms with Crippen LogP contribution in [0.2, 0.25) is 0 Å². The number of para-hydroxylation sites is 1. The van der Waals surface area contributed by atoms with Gasteiger partial charge in [-0.15, -0.1) is 0 Å². The van der Waals surface area contributed by atoms with Crippen LogP contribution in [0.3, 0.4) is 0 Å². The number of likely N-dealkylation sites (tertiary alicyclic amines) is 1. The first kappa shape index (κ1) is 20.2. The number of rotatable bonds is 4. The standard InChI is InChI=1S/C25H31N3O3/c1-4-27-13-11-25(12-14-27)28-21(18-7-6-8-23(30-5-2)24(18)31-25)16-20(26-28)19-15-17(3)9-10-22(19)29/h6-10,15,21,29H,4-5,11-14,16H2,1-3H3/t21-/m1/s1. The maximum atomic E-state index is 10.5. The summed E-state index contributed by atoms with van der Waals surface area (Å²) in [6, 6.07) is 11.9. The van der Waals surface area contributed by atoms with E-state index in [-0.39, 0.29) is 11.8 Å². The van der Waals surface area contributed by atoms with Crippen molar-refractivity contribution in [2.45, 2.75) is 51.8 Å². The van der Waals surface area contributed by atoms with Crippen LogP contribution in [0.15, 0.2) is 41.5 Å². The summed E-state index contributed by atoms with van der Waals surface area (Å²) in [5, 5.41) is 17.8. The Labute approximate surface area is 184 Å². The van der Waals surface area contributed by atoms with Crippen molar-refractivity contribution in [2.75, 3.05) is 26.2 Å². The largest absolute Gasteiger partial charge is 0.507 e. The van der Waals surface area contributed by atoms with Crippen LogP contribution in [0.5, 0.6) is 17.2 Å². The third-order valence-electron chi connectivity index (χ3n) is 6.84. The number of hydrogen-bond donors (Lipinski definition) is 1. The quantitative estimate of drug-likeness (QED) is 0.790. The molecule has 0 aromatic heterocycles. The van der Waals surface area contributed by atoms with Crippen molar-refractivity contribution in [1.82, 2.24) is 9.91 Å². The number of nitrogens with zero attached hydrogens (tertiary/aromatic N) is 3. The second-order valence-corrected chi connectivity index (χ2v) is 8.72. The third kappa shape index (κ3) is 3.33. The highest BCUT2D eigenvalue weighted by Gasteiger charge is 2.52. The minimum Gasteiger partial charge on any atom is -0.507 e. The van der Waals surface area contributed by atoms with E-state index in [1.807, 2.05) is 38.1 Å². The summed E-state index contributed by atoms with van der Waals surface area (Å²) in [5.74, 6) is 1.95. The summed E-state index contributed by atoms with van der Waals surface area (Å²) in [5.41, 5.74) is 3.47. The van der Waals surface area contributed by atoms with E-state index in [1.54, 1.807) is 6.07 Å². The van der Waals surface area contributed by atoms with Crippen LogP contribution in [0.4, 0.5) is 0 Å². The first-order valence-electron chi connectivity index (χ1n) is 11.4. The third-order valence-corrected chi connectivity index (χ3v) is 6.84. The first-order valence-corrected chi connectivity index (χ1v) is 11.4. The van der Waals surface area contributed by atoms with Crippen LogP contribution in [0, 0.1) is 6.92 Å². The Bertz CT molecular complexity index is 1010. The van der Waals surface area contributed by atoms with Crippen molar-refractivity contribution < 1.29 is 14.6 Å². The van der Waals surface area contributed by atoms with E-state index in [4.69, 9.17) is 14.6 Å². The van der Waals surface area contributed by atoms with E-state index < -0.39 is 5.72 Å². The molecule has 1 spiro atoms. The number of fused-ring (bicyclic) bond motifs is 4. The summed E-state index contributed by atoms with van der Waals surface area (Å²) in [6.45, 7) is 9.86. The summed E-state index contributed by atoms with van der Waals surface area (Å²) >= 11 is 0. The molecule has 0 bridgehead atoms. The summed E-state index contributed by atoms with van der Waals surface area (Å²) in [6.07, 6.45) is 2.50. The van der Waals surface area contributed by atoms with Gasteiger partial charge in [0, 0.05) is 43.5 Å². The number of aromatic hydroxyl groups is 1. The van der Waals surface area contributed by atoms with Gasteiger partial charge in [0.1, 0.15) is 5.75 Å². The molecule has 3 aliphatic heterocycles. The van der Waals surface area contributed by atoms with Crippen molar-refractivity contribution in [3.8, 4) is 17.2 Å². The van der Waals surface area contributed by atoms with Gasteiger partial charge in [0.25, 0.3) is 0 Å². The number of hydrogen-bond acceptors (Lipinski definition) is 6. The van der Waals surface area contributed by atoms with Crippen molar-refractivity contribution in [3.63, 3.8) is 0 Å². The van der Waals surface area contributed by atoms with Gasteiger partial charge in [-0.05, 0) is 38.6 Å². The molecule has 1 atom stereocenters. The van der Waals surface area contributed by atoms with Gasteiger partial charge in [0.15, 0.2) is 11.5 Å². The predicted molar refractivity (Wildman–Crippen MR) is 121 cm³/mol. The van der Waals surface area contributed by atoms with Crippen molar-refractivity contribution in [2.24, 2.45) is 5.10 Å². The summed E-state index contributed by atoms with van der Waals surface area (Å²) in [4.78, 5) is 2.46. The lowest BCUT2D eigenvalue weighted by molar-refractivity contribution is -0.150. The topological polar surface area (TPSA) is 57.5 Å². The normalized spacial score (nSPS) is 22.0. The number of piperidine rings is 1.